The molecule has 0 radical (unpaired) electrons. The Labute approximate surface area is 223 Å². The van der Waals surface area contributed by atoms with Gasteiger partial charge in [-0.3, -0.25) is 9.69 Å². The van der Waals surface area contributed by atoms with E-state index in [-0.39, 0.29) is 19.3 Å². The molecule has 1 amide bonds. The number of rotatable bonds is 8. The molecule has 8 heteroatoms. The Morgan fingerprint density at radius 2 is 1.68 bits per heavy atom. The van der Waals surface area contributed by atoms with Gasteiger partial charge in [0.25, 0.3) is 5.91 Å². The molecule has 0 unspecified atom stereocenters. The van der Waals surface area contributed by atoms with E-state index in [0.29, 0.717) is 37.3 Å². The van der Waals surface area contributed by atoms with Gasteiger partial charge in [0.15, 0.2) is 17.3 Å². The summed E-state index contributed by atoms with van der Waals surface area (Å²) in [6.45, 7) is 4.49. The number of piperazine rings is 1. The third kappa shape index (κ3) is 5.67. The highest BCUT2D eigenvalue weighted by atomic mass is 16.7. The minimum atomic E-state index is -0.436. The lowest BCUT2D eigenvalue weighted by atomic mass is 9.73. The van der Waals surface area contributed by atoms with Crippen molar-refractivity contribution in [2.45, 2.75) is 51.7 Å². The molecule has 3 heterocycles. The Morgan fingerprint density at radius 3 is 2.42 bits per heavy atom. The fourth-order valence-corrected chi connectivity index (χ4v) is 5.63. The lowest BCUT2D eigenvalue weighted by Gasteiger charge is -2.39. The van der Waals surface area contributed by atoms with E-state index in [1.54, 1.807) is 0 Å². The van der Waals surface area contributed by atoms with Crippen molar-refractivity contribution in [3.8, 4) is 11.5 Å². The lowest BCUT2D eigenvalue weighted by Crippen LogP contribution is -2.49. The molecule has 2 aromatic carbocycles. The van der Waals surface area contributed by atoms with Crippen LogP contribution in [0.3, 0.4) is 0 Å². The maximum atomic E-state index is 13.5. The molecule has 1 saturated carbocycles. The SMILES string of the molecule is O=C(C1=C[C@@H](C2CCC2)C[C@@H](OCc2ccc(CO)cc2)O1)N1CCN(Cc2ccc3c(c2)OCO3)CC1. The van der Waals surface area contributed by atoms with Gasteiger partial charge in [-0.1, -0.05) is 36.8 Å². The van der Waals surface area contributed by atoms with Gasteiger partial charge < -0.3 is 29.0 Å². The second kappa shape index (κ2) is 11.4. The zero-order chi connectivity index (χ0) is 25.9. The van der Waals surface area contributed by atoms with Crippen molar-refractivity contribution >= 4 is 5.91 Å². The fraction of sp³-hybridized carbons (Fsp3) is 0.500. The van der Waals surface area contributed by atoms with Gasteiger partial charge in [0.2, 0.25) is 13.1 Å². The Hall–Kier alpha value is -3.07. The predicted molar refractivity (Wildman–Crippen MR) is 140 cm³/mol. The van der Waals surface area contributed by atoms with Crippen LogP contribution in [0.2, 0.25) is 0 Å². The van der Waals surface area contributed by atoms with Gasteiger partial charge in [-0.05, 0) is 59.6 Å². The van der Waals surface area contributed by atoms with Gasteiger partial charge in [0, 0.05) is 39.1 Å². The number of ether oxygens (including phenoxy) is 4. The van der Waals surface area contributed by atoms with Crippen LogP contribution in [0.15, 0.2) is 54.3 Å². The number of aliphatic hydroxyl groups excluding tert-OH is 1. The summed E-state index contributed by atoms with van der Waals surface area (Å²) in [4.78, 5) is 17.8. The van der Waals surface area contributed by atoms with Gasteiger partial charge in [0.05, 0.1) is 13.2 Å². The van der Waals surface area contributed by atoms with Crippen LogP contribution in [-0.2, 0) is 34.0 Å². The summed E-state index contributed by atoms with van der Waals surface area (Å²) in [7, 11) is 0. The second-order valence-electron chi connectivity index (χ2n) is 10.7. The zero-order valence-electron chi connectivity index (χ0n) is 21.7. The standard InChI is InChI=1S/C30H36N2O6/c33-18-21-4-6-22(7-5-21)19-35-29-16-25(24-2-1-3-24)15-28(38-29)30(34)32-12-10-31(11-13-32)17-23-8-9-26-27(14-23)37-20-36-26/h4-9,14-15,24-25,29,33H,1-3,10-13,16-20H2/t25-,29+/m1/s1. The van der Waals surface area contributed by atoms with E-state index in [9.17, 15) is 9.90 Å². The quantitative estimate of drug-likeness (QED) is 0.567. The molecule has 3 aliphatic heterocycles. The summed E-state index contributed by atoms with van der Waals surface area (Å²) in [5.74, 6) is 2.93. The topological polar surface area (TPSA) is 80.7 Å². The molecular weight excluding hydrogens is 484 g/mol. The molecule has 2 aromatic rings. The third-order valence-electron chi connectivity index (χ3n) is 8.20. The minimum Gasteiger partial charge on any atom is -0.459 e. The van der Waals surface area contributed by atoms with Crippen LogP contribution in [0.4, 0.5) is 0 Å². The lowest BCUT2D eigenvalue weighted by molar-refractivity contribution is -0.162. The van der Waals surface area contributed by atoms with Gasteiger partial charge in [-0.15, -0.1) is 0 Å². The number of hydrogen-bond acceptors (Lipinski definition) is 7. The van der Waals surface area contributed by atoms with E-state index in [1.807, 2.05) is 41.3 Å². The Bertz CT molecular complexity index is 1150. The largest absolute Gasteiger partial charge is 0.459 e. The average Bonchev–Trinajstić information content (AvgIpc) is 3.39. The molecular formula is C30H36N2O6. The number of nitrogens with zero attached hydrogens (tertiary/aromatic N) is 2. The van der Waals surface area contributed by atoms with Crippen molar-refractivity contribution < 1.29 is 28.8 Å². The maximum absolute atomic E-state index is 13.5. The molecule has 2 atom stereocenters. The van der Waals surface area contributed by atoms with Crippen LogP contribution in [0, 0.1) is 11.8 Å². The molecule has 1 aliphatic carbocycles. The number of carbonyl (C=O) groups is 1. The summed E-state index contributed by atoms with van der Waals surface area (Å²) >= 11 is 0. The molecule has 2 fully saturated rings. The van der Waals surface area contributed by atoms with Gasteiger partial charge in [-0.2, -0.15) is 0 Å². The van der Waals surface area contributed by atoms with Gasteiger partial charge in [0.1, 0.15) is 0 Å². The monoisotopic (exact) mass is 520 g/mol. The van der Waals surface area contributed by atoms with Crippen molar-refractivity contribution in [1.29, 1.82) is 0 Å². The van der Waals surface area contributed by atoms with Gasteiger partial charge >= 0.3 is 0 Å². The molecule has 0 spiro atoms. The molecule has 0 bridgehead atoms. The molecule has 0 aromatic heterocycles. The van der Waals surface area contributed by atoms with E-state index >= 15 is 0 Å². The average molecular weight is 521 g/mol. The van der Waals surface area contributed by atoms with Crippen molar-refractivity contribution in [2.24, 2.45) is 11.8 Å². The van der Waals surface area contributed by atoms with Crippen LogP contribution in [0.5, 0.6) is 11.5 Å². The number of allylic oxidation sites excluding steroid dienone is 1. The predicted octanol–water partition coefficient (Wildman–Crippen LogP) is 3.82. The number of amides is 1. The molecule has 6 rings (SSSR count). The number of benzene rings is 2. The van der Waals surface area contributed by atoms with Crippen molar-refractivity contribution in [3.63, 3.8) is 0 Å². The Balaban J connectivity index is 1.05. The number of aliphatic hydroxyl groups is 1. The highest BCUT2D eigenvalue weighted by molar-refractivity contribution is 5.91. The highest BCUT2D eigenvalue weighted by Gasteiger charge is 2.36. The van der Waals surface area contributed by atoms with Crippen LogP contribution in [0.25, 0.3) is 0 Å². The van der Waals surface area contributed by atoms with E-state index in [1.165, 1.54) is 24.8 Å². The normalized spacial score (nSPS) is 23.5. The first kappa shape index (κ1) is 25.2. The van der Waals surface area contributed by atoms with Crippen LogP contribution in [-0.4, -0.2) is 60.1 Å². The summed E-state index contributed by atoms with van der Waals surface area (Å²) in [6.07, 6.45) is 6.08. The van der Waals surface area contributed by atoms with E-state index in [0.717, 1.165) is 48.7 Å². The molecule has 1 N–H and O–H groups in total. The van der Waals surface area contributed by atoms with E-state index in [2.05, 4.69) is 17.0 Å². The highest BCUT2D eigenvalue weighted by Crippen LogP contribution is 2.40. The first-order valence-electron chi connectivity index (χ1n) is 13.7. The summed E-state index contributed by atoms with van der Waals surface area (Å²) in [5.41, 5.74) is 3.08. The Kier molecular flexibility index (Phi) is 7.53. The third-order valence-corrected chi connectivity index (χ3v) is 8.20. The van der Waals surface area contributed by atoms with Crippen molar-refractivity contribution in [2.75, 3.05) is 33.0 Å². The van der Waals surface area contributed by atoms with Crippen LogP contribution in [0.1, 0.15) is 42.4 Å². The number of hydrogen-bond donors (Lipinski definition) is 1. The van der Waals surface area contributed by atoms with Crippen LogP contribution >= 0.6 is 0 Å². The van der Waals surface area contributed by atoms with Crippen molar-refractivity contribution in [3.05, 3.63) is 71.0 Å². The summed E-state index contributed by atoms with van der Waals surface area (Å²) in [5, 5.41) is 9.27. The van der Waals surface area contributed by atoms with E-state index in [4.69, 9.17) is 18.9 Å². The number of carbonyl (C=O) groups excluding carboxylic acids is 1. The first-order chi connectivity index (χ1) is 18.6. The Morgan fingerprint density at radius 1 is 0.947 bits per heavy atom. The fourth-order valence-electron chi connectivity index (χ4n) is 5.63. The molecule has 38 heavy (non-hydrogen) atoms. The van der Waals surface area contributed by atoms with E-state index < -0.39 is 6.29 Å². The maximum Gasteiger partial charge on any atom is 0.288 e. The molecule has 8 nitrogen and oxygen atoms in total. The van der Waals surface area contributed by atoms with Gasteiger partial charge in [-0.25, -0.2) is 0 Å². The zero-order valence-corrected chi connectivity index (χ0v) is 21.7. The molecule has 4 aliphatic rings. The second-order valence-corrected chi connectivity index (χ2v) is 10.7. The molecule has 202 valence electrons. The van der Waals surface area contributed by atoms with Crippen LogP contribution < -0.4 is 9.47 Å². The van der Waals surface area contributed by atoms with Crippen molar-refractivity contribution in [1.82, 2.24) is 9.80 Å². The smallest absolute Gasteiger partial charge is 0.288 e. The summed E-state index contributed by atoms with van der Waals surface area (Å²) < 4.78 is 23.2. The summed E-state index contributed by atoms with van der Waals surface area (Å²) in [6, 6.07) is 13.8. The minimum absolute atomic E-state index is 0.0267. The molecule has 1 saturated heterocycles. The first-order valence-corrected chi connectivity index (χ1v) is 13.7. The number of fused-ring (bicyclic) bond motifs is 1.